The van der Waals surface area contributed by atoms with Gasteiger partial charge in [0.25, 0.3) is 0 Å². The highest BCUT2D eigenvalue weighted by Crippen LogP contribution is 2.34. The standard InChI is InChI=1S/C45H49ClO8/c1-2-50-40-21-18-33(19-22-40)24-38-25-37(20-23-41(38)46)43-45(53-28-36-16-10-5-11-17-36)44(52-27-35-14-8-4-9-15-35)42(51-26-34-12-6-3-7-13-34)31-48-29-39(47)30-49-32-54-43/h3-23,25,39,42-45,47H,2,24,26-32H2,1H3. The lowest BCUT2D eigenvalue weighted by molar-refractivity contribution is -0.222. The third-order valence-corrected chi connectivity index (χ3v) is 9.50. The quantitative estimate of drug-likeness (QED) is 0.121. The number of aliphatic hydroxyl groups is 1. The van der Waals surface area contributed by atoms with Crippen LogP contribution in [0, 0.1) is 0 Å². The molecule has 0 bridgehead atoms. The van der Waals surface area contributed by atoms with Gasteiger partial charge in [0.15, 0.2) is 0 Å². The molecule has 9 heteroatoms. The van der Waals surface area contributed by atoms with Gasteiger partial charge >= 0.3 is 0 Å². The van der Waals surface area contributed by atoms with Crippen LogP contribution in [0.15, 0.2) is 133 Å². The van der Waals surface area contributed by atoms with Crippen LogP contribution in [-0.2, 0) is 54.7 Å². The highest BCUT2D eigenvalue weighted by Gasteiger charge is 2.40. The van der Waals surface area contributed by atoms with Crippen LogP contribution in [0.25, 0.3) is 0 Å². The normalized spacial score (nSPS) is 21.1. The minimum atomic E-state index is -0.855. The summed E-state index contributed by atoms with van der Waals surface area (Å²) in [5.41, 5.74) is 5.83. The van der Waals surface area contributed by atoms with Gasteiger partial charge in [-0.05, 0) is 64.9 Å². The second-order valence-electron chi connectivity index (χ2n) is 13.2. The van der Waals surface area contributed by atoms with Gasteiger partial charge in [-0.15, -0.1) is 0 Å². The second-order valence-corrected chi connectivity index (χ2v) is 13.6. The van der Waals surface area contributed by atoms with E-state index in [2.05, 4.69) is 6.07 Å². The van der Waals surface area contributed by atoms with E-state index in [9.17, 15) is 5.11 Å². The smallest absolute Gasteiger partial charge is 0.147 e. The van der Waals surface area contributed by atoms with Crippen LogP contribution in [0.2, 0.25) is 5.02 Å². The summed E-state index contributed by atoms with van der Waals surface area (Å²) in [6.07, 6.45) is -3.01. The molecule has 5 aromatic carbocycles. The van der Waals surface area contributed by atoms with Gasteiger partial charge in [-0.2, -0.15) is 0 Å². The average Bonchev–Trinajstić information content (AvgIpc) is 3.20. The van der Waals surface area contributed by atoms with Crippen LogP contribution < -0.4 is 4.74 Å². The Morgan fingerprint density at radius 1 is 0.630 bits per heavy atom. The number of halogens is 1. The fourth-order valence-electron chi connectivity index (χ4n) is 6.37. The Hall–Kier alpha value is -4.09. The third-order valence-electron chi connectivity index (χ3n) is 9.13. The van der Waals surface area contributed by atoms with Gasteiger partial charge in [-0.3, -0.25) is 0 Å². The largest absolute Gasteiger partial charge is 0.494 e. The van der Waals surface area contributed by atoms with Gasteiger partial charge in [0.05, 0.1) is 46.2 Å². The molecule has 0 saturated carbocycles. The molecule has 54 heavy (non-hydrogen) atoms. The molecule has 0 aromatic heterocycles. The van der Waals surface area contributed by atoms with E-state index >= 15 is 0 Å². The number of hydrogen-bond donors (Lipinski definition) is 1. The van der Waals surface area contributed by atoms with E-state index < -0.39 is 30.5 Å². The van der Waals surface area contributed by atoms with E-state index in [1.807, 2.05) is 134 Å². The second kappa shape index (κ2) is 21.1. The molecular weight excluding hydrogens is 704 g/mol. The van der Waals surface area contributed by atoms with E-state index in [-0.39, 0.29) is 39.8 Å². The lowest BCUT2D eigenvalue weighted by Gasteiger charge is -2.38. The van der Waals surface area contributed by atoms with Crippen LogP contribution in [0.1, 0.15) is 46.4 Å². The van der Waals surface area contributed by atoms with E-state index in [0.29, 0.717) is 24.7 Å². The van der Waals surface area contributed by atoms with Crippen molar-refractivity contribution in [2.24, 2.45) is 0 Å². The summed E-state index contributed by atoms with van der Waals surface area (Å²) >= 11 is 6.86. The Bertz CT molecular complexity index is 1790. The highest BCUT2D eigenvalue weighted by atomic mass is 35.5. The summed E-state index contributed by atoms with van der Waals surface area (Å²) in [6, 6.07) is 43.9. The van der Waals surface area contributed by atoms with Crippen LogP contribution in [0.4, 0.5) is 0 Å². The van der Waals surface area contributed by atoms with Crippen molar-refractivity contribution in [1.29, 1.82) is 0 Å². The molecule has 8 nitrogen and oxygen atoms in total. The Labute approximate surface area is 323 Å². The predicted molar refractivity (Wildman–Crippen MR) is 208 cm³/mol. The zero-order valence-electron chi connectivity index (χ0n) is 30.6. The van der Waals surface area contributed by atoms with E-state index in [1.54, 1.807) is 0 Å². The fourth-order valence-corrected chi connectivity index (χ4v) is 6.55. The van der Waals surface area contributed by atoms with Gasteiger partial charge in [-0.25, -0.2) is 0 Å². The SMILES string of the molecule is CCOc1ccc(Cc2cc(C3OCOCC(O)COCC(OCc4ccccc4)C(OCc4ccccc4)C3OCc3ccccc3)ccc2Cl)cc1. The summed E-state index contributed by atoms with van der Waals surface area (Å²) in [6.45, 7) is 3.58. The molecule has 5 unspecified atom stereocenters. The molecule has 1 saturated heterocycles. The monoisotopic (exact) mass is 752 g/mol. The molecule has 0 radical (unpaired) electrons. The summed E-state index contributed by atoms with van der Waals surface area (Å²) in [4.78, 5) is 0. The number of benzene rings is 5. The molecule has 1 N–H and O–H groups in total. The Morgan fingerprint density at radius 3 is 1.81 bits per heavy atom. The highest BCUT2D eigenvalue weighted by molar-refractivity contribution is 6.31. The number of aliphatic hydroxyl groups excluding tert-OH is 1. The first kappa shape index (κ1) is 39.6. The van der Waals surface area contributed by atoms with Gasteiger partial charge in [0, 0.05) is 5.02 Å². The molecule has 1 aliphatic rings. The molecule has 0 spiro atoms. The lowest BCUT2D eigenvalue weighted by atomic mass is 9.93. The maximum absolute atomic E-state index is 10.7. The topological polar surface area (TPSA) is 84.8 Å². The number of ether oxygens (including phenoxy) is 7. The van der Waals surface area contributed by atoms with Crippen LogP contribution >= 0.6 is 11.6 Å². The van der Waals surface area contributed by atoms with Crippen molar-refractivity contribution in [3.8, 4) is 5.75 Å². The Kier molecular flexibility index (Phi) is 15.5. The van der Waals surface area contributed by atoms with Gasteiger partial charge in [-0.1, -0.05) is 127 Å². The summed E-state index contributed by atoms with van der Waals surface area (Å²) < 4.78 is 44.8. The minimum absolute atomic E-state index is 0.0370. The molecule has 0 amide bonds. The predicted octanol–water partition coefficient (Wildman–Crippen LogP) is 8.51. The van der Waals surface area contributed by atoms with Crippen molar-refractivity contribution >= 4 is 11.6 Å². The van der Waals surface area contributed by atoms with Crippen molar-refractivity contribution in [2.75, 3.05) is 33.2 Å². The van der Waals surface area contributed by atoms with Crippen molar-refractivity contribution in [3.63, 3.8) is 0 Å². The van der Waals surface area contributed by atoms with Crippen LogP contribution in [0.3, 0.4) is 0 Å². The molecule has 1 aliphatic heterocycles. The molecule has 284 valence electrons. The maximum Gasteiger partial charge on any atom is 0.147 e. The van der Waals surface area contributed by atoms with Crippen LogP contribution in [-0.4, -0.2) is 62.7 Å². The molecule has 0 aliphatic carbocycles. The van der Waals surface area contributed by atoms with Crippen LogP contribution in [0.5, 0.6) is 5.75 Å². The first-order valence-corrected chi connectivity index (χ1v) is 18.8. The van der Waals surface area contributed by atoms with Crippen molar-refractivity contribution in [1.82, 2.24) is 0 Å². The van der Waals surface area contributed by atoms with Crippen molar-refractivity contribution in [3.05, 3.63) is 172 Å². The van der Waals surface area contributed by atoms with Crippen molar-refractivity contribution < 1.29 is 38.3 Å². The molecule has 1 fully saturated rings. The lowest BCUT2D eigenvalue weighted by Crippen LogP contribution is -2.49. The minimum Gasteiger partial charge on any atom is -0.494 e. The van der Waals surface area contributed by atoms with E-state index in [1.165, 1.54) is 0 Å². The Balaban J connectivity index is 1.40. The van der Waals surface area contributed by atoms with Gasteiger partial charge in [0.2, 0.25) is 0 Å². The number of rotatable bonds is 14. The molecule has 6 rings (SSSR count). The van der Waals surface area contributed by atoms with Gasteiger partial charge in [0.1, 0.15) is 43.1 Å². The average molecular weight is 753 g/mol. The first-order valence-electron chi connectivity index (χ1n) is 18.5. The van der Waals surface area contributed by atoms with E-state index in [4.69, 9.17) is 44.8 Å². The Morgan fingerprint density at radius 2 is 1.20 bits per heavy atom. The van der Waals surface area contributed by atoms with Crippen molar-refractivity contribution in [2.45, 2.75) is 63.7 Å². The third kappa shape index (κ3) is 12.0. The zero-order valence-corrected chi connectivity index (χ0v) is 31.4. The summed E-state index contributed by atoms with van der Waals surface area (Å²) in [5, 5.41) is 11.3. The molecular formula is C45H49ClO8. The van der Waals surface area contributed by atoms with Gasteiger partial charge < -0.3 is 38.3 Å². The molecule has 1 heterocycles. The molecule has 5 aromatic rings. The molecule has 5 atom stereocenters. The van der Waals surface area contributed by atoms with E-state index in [0.717, 1.165) is 39.1 Å². The number of hydrogen-bond acceptors (Lipinski definition) is 8. The summed E-state index contributed by atoms with van der Waals surface area (Å²) in [7, 11) is 0. The first-order chi connectivity index (χ1) is 26.6. The maximum atomic E-state index is 10.7. The summed E-state index contributed by atoms with van der Waals surface area (Å²) in [5.74, 6) is 0.820. The zero-order chi connectivity index (χ0) is 37.4. The fraction of sp³-hybridized carbons (Fsp3) is 0.333.